The number of hydrogen-bond donors (Lipinski definition) is 1. The molecule has 1 fully saturated rings. The summed E-state index contributed by atoms with van der Waals surface area (Å²) in [5, 5.41) is 3.36. The number of aryl methyl sites for hydroxylation is 1. The fourth-order valence-electron chi connectivity index (χ4n) is 2.51. The van der Waals surface area contributed by atoms with Gasteiger partial charge in [-0.1, -0.05) is 6.07 Å². The van der Waals surface area contributed by atoms with E-state index in [-0.39, 0.29) is 5.82 Å². The molecule has 0 amide bonds. The Morgan fingerprint density at radius 3 is 2.94 bits per heavy atom. The van der Waals surface area contributed by atoms with Gasteiger partial charge in [0.2, 0.25) is 0 Å². The van der Waals surface area contributed by atoms with Crippen LogP contribution >= 0.6 is 0 Å². The van der Waals surface area contributed by atoms with Crippen molar-refractivity contribution in [1.82, 2.24) is 5.32 Å². The molecular formula is C14H20FNO. The first-order chi connectivity index (χ1) is 8.20. The molecule has 1 aliphatic heterocycles. The van der Waals surface area contributed by atoms with Crippen LogP contribution in [0.1, 0.15) is 24.0 Å². The summed E-state index contributed by atoms with van der Waals surface area (Å²) in [7, 11) is 1.52. The number of halogens is 1. The van der Waals surface area contributed by atoms with Gasteiger partial charge in [-0.15, -0.1) is 0 Å². The second-order valence-electron chi connectivity index (χ2n) is 4.86. The zero-order valence-electron chi connectivity index (χ0n) is 10.6. The maximum absolute atomic E-state index is 14.1. The Kier molecular flexibility index (Phi) is 4.00. The summed E-state index contributed by atoms with van der Waals surface area (Å²) in [4.78, 5) is 0. The lowest BCUT2D eigenvalue weighted by atomic mass is 9.91. The predicted octanol–water partition coefficient (Wildman–Crippen LogP) is 2.68. The standard InChI is InChI=1S/C14H20FNO/c1-10-6-12(14(15)13(7-10)17-2)8-11-4-3-5-16-9-11/h6-7,11,16H,3-5,8-9H2,1-2H3. The number of piperidine rings is 1. The number of ether oxygens (including phenoxy) is 1. The van der Waals surface area contributed by atoms with E-state index in [2.05, 4.69) is 5.32 Å². The van der Waals surface area contributed by atoms with Crippen LogP contribution in [0.15, 0.2) is 12.1 Å². The van der Waals surface area contributed by atoms with Crippen LogP contribution < -0.4 is 10.1 Å². The number of rotatable bonds is 3. The van der Waals surface area contributed by atoms with Crippen LogP contribution in [0, 0.1) is 18.7 Å². The maximum atomic E-state index is 14.1. The van der Waals surface area contributed by atoms with Gasteiger partial charge in [0, 0.05) is 0 Å². The third-order valence-electron chi connectivity index (χ3n) is 3.39. The number of methoxy groups -OCH3 is 1. The summed E-state index contributed by atoms with van der Waals surface area (Å²) in [5.41, 5.74) is 1.84. The van der Waals surface area contributed by atoms with Crippen LogP contribution in [0.25, 0.3) is 0 Å². The van der Waals surface area contributed by atoms with Crippen LogP contribution in [0.4, 0.5) is 4.39 Å². The van der Waals surface area contributed by atoms with E-state index >= 15 is 0 Å². The van der Waals surface area contributed by atoms with E-state index in [4.69, 9.17) is 4.74 Å². The molecule has 2 rings (SSSR count). The number of nitrogens with one attached hydrogen (secondary N) is 1. The number of hydrogen-bond acceptors (Lipinski definition) is 2. The van der Waals surface area contributed by atoms with Gasteiger partial charge in [0.25, 0.3) is 0 Å². The average Bonchev–Trinajstić information content (AvgIpc) is 2.34. The lowest BCUT2D eigenvalue weighted by Crippen LogP contribution is -2.31. The van der Waals surface area contributed by atoms with E-state index in [1.165, 1.54) is 20.0 Å². The molecule has 1 unspecified atom stereocenters. The van der Waals surface area contributed by atoms with Crippen molar-refractivity contribution in [3.05, 3.63) is 29.1 Å². The lowest BCUT2D eigenvalue weighted by molar-refractivity contribution is 0.361. The van der Waals surface area contributed by atoms with Crippen LogP contribution in [0.3, 0.4) is 0 Å². The minimum atomic E-state index is -0.191. The summed E-state index contributed by atoms with van der Waals surface area (Å²) in [6.07, 6.45) is 3.18. The van der Waals surface area contributed by atoms with E-state index in [9.17, 15) is 4.39 Å². The van der Waals surface area contributed by atoms with E-state index in [1.807, 2.05) is 13.0 Å². The zero-order valence-corrected chi connectivity index (χ0v) is 10.6. The van der Waals surface area contributed by atoms with Gasteiger partial charge in [0.05, 0.1) is 7.11 Å². The Labute approximate surface area is 102 Å². The van der Waals surface area contributed by atoms with E-state index in [0.717, 1.165) is 30.6 Å². The van der Waals surface area contributed by atoms with Crippen molar-refractivity contribution in [2.45, 2.75) is 26.2 Å². The van der Waals surface area contributed by atoms with Gasteiger partial charge in [-0.25, -0.2) is 4.39 Å². The molecule has 1 heterocycles. The Balaban J connectivity index is 2.16. The van der Waals surface area contributed by atoms with E-state index in [1.54, 1.807) is 6.07 Å². The molecule has 1 aliphatic rings. The average molecular weight is 237 g/mol. The van der Waals surface area contributed by atoms with Crippen LogP contribution in [0.2, 0.25) is 0 Å². The topological polar surface area (TPSA) is 21.3 Å². The van der Waals surface area contributed by atoms with Gasteiger partial charge in [-0.2, -0.15) is 0 Å². The molecule has 0 aromatic heterocycles. The molecular weight excluding hydrogens is 217 g/mol. The highest BCUT2D eigenvalue weighted by Crippen LogP contribution is 2.26. The molecule has 3 heteroatoms. The van der Waals surface area contributed by atoms with Crippen molar-refractivity contribution in [3.8, 4) is 5.75 Å². The van der Waals surface area contributed by atoms with Crippen LogP contribution in [0.5, 0.6) is 5.75 Å². The van der Waals surface area contributed by atoms with Crippen molar-refractivity contribution < 1.29 is 9.13 Å². The minimum absolute atomic E-state index is 0.191. The predicted molar refractivity (Wildman–Crippen MR) is 67.0 cm³/mol. The van der Waals surface area contributed by atoms with Gasteiger partial charge < -0.3 is 10.1 Å². The summed E-state index contributed by atoms with van der Waals surface area (Å²) in [6.45, 7) is 4.07. The molecule has 0 bridgehead atoms. The second-order valence-corrected chi connectivity index (χ2v) is 4.86. The van der Waals surface area contributed by atoms with Gasteiger partial charge in [-0.3, -0.25) is 0 Å². The third-order valence-corrected chi connectivity index (χ3v) is 3.39. The van der Waals surface area contributed by atoms with Crippen molar-refractivity contribution >= 4 is 0 Å². The van der Waals surface area contributed by atoms with Crippen LogP contribution in [-0.2, 0) is 6.42 Å². The highest BCUT2D eigenvalue weighted by molar-refractivity contribution is 5.36. The summed E-state index contributed by atoms with van der Waals surface area (Å²) in [5.74, 6) is 0.720. The van der Waals surface area contributed by atoms with Gasteiger partial charge >= 0.3 is 0 Å². The second kappa shape index (κ2) is 5.50. The molecule has 2 nitrogen and oxygen atoms in total. The fraction of sp³-hybridized carbons (Fsp3) is 0.571. The lowest BCUT2D eigenvalue weighted by Gasteiger charge is -2.23. The normalized spacial score (nSPS) is 20.3. The van der Waals surface area contributed by atoms with Gasteiger partial charge in [-0.05, 0) is 62.4 Å². The molecule has 1 aromatic rings. The van der Waals surface area contributed by atoms with Crippen LogP contribution in [-0.4, -0.2) is 20.2 Å². The Morgan fingerprint density at radius 2 is 2.29 bits per heavy atom. The third kappa shape index (κ3) is 2.97. The minimum Gasteiger partial charge on any atom is -0.494 e. The Bertz CT molecular complexity index is 386. The largest absolute Gasteiger partial charge is 0.494 e. The highest BCUT2D eigenvalue weighted by Gasteiger charge is 2.17. The Morgan fingerprint density at radius 1 is 1.47 bits per heavy atom. The molecule has 0 spiro atoms. The fourth-order valence-corrected chi connectivity index (χ4v) is 2.51. The van der Waals surface area contributed by atoms with Crippen molar-refractivity contribution in [1.29, 1.82) is 0 Å². The molecule has 1 aromatic carbocycles. The molecule has 0 aliphatic carbocycles. The smallest absolute Gasteiger partial charge is 0.168 e. The summed E-state index contributed by atoms with van der Waals surface area (Å²) < 4.78 is 19.1. The van der Waals surface area contributed by atoms with Crippen molar-refractivity contribution in [2.75, 3.05) is 20.2 Å². The summed E-state index contributed by atoms with van der Waals surface area (Å²) >= 11 is 0. The van der Waals surface area contributed by atoms with E-state index < -0.39 is 0 Å². The molecule has 1 atom stereocenters. The van der Waals surface area contributed by atoms with Gasteiger partial charge in [0.1, 0.15) is 0 Å². The molecule has 0 radical (unpaired) electrons. The first-order valence-electron chi connectivity index (χ1n) is 6.24. The molecule has 17 heavy (non-hydrogen) atoms. The first kappa shape index (κ1) is 12.4. The molecule has 0 saturated carbocycles. The summed E-state index contributed by atoms with van der Waals surface area (Å²) in [6, 6.07) is 3.68. The molecule has 1 saturated heterocycles. The zero-order chi connectivity index (χ0) is 12.3. The maximum Gasteiger partial charge on any atom is 0.168 e. The number of benzene rings is 1. The quantitative estimate of drug-likeness (QED) is 0.872. The molecule has 1 N–H and O–H groups in total. The highest BCUT2D eigenvalue weighted by atomic mass is 19.1. The first-order valence-corrected chi connectivity index (χ1v) is 6.24. The van der Waals surface area contributed by atoms with Gasteiger partial charge in [0.15, 0.2) is 11.6 Å². The Hall–Kier alpha value is -1.09. The SMILES string of the molecule is COc1cc(C)cc(CC2CCCNC2)c1F. The molecule has 94 valence electrons. The van der Waals surface area contributed by atoms with Crippen molar-refractivity contribution in [3.63, 3.8) is 0 Å². The van der Waals surface area contributed by atoms with Crippen molar-refractivity contribution in [2.24, 2.45) is 5.92 Å². The monoisotopic (exact) mass is 237 g/mol. The van der Waals surface area contributed by atoms with E-state index in [0.29, 0.717) is 11.7 Å².